The molecule has 1 unspecified atom stereocenters. The van der Waals surface area contributed by atoms with Crippen molar-refractivity contribution >= 4 is 31.6 Å². The van der Waals surface area contributed by atoms with Gasteiger partial charge in [0.25, 0.3) is 0 Å². The van der Waals surface area contributed by atoms with Gasteiger partial charge in [-0.3, -0.25) is 0 Å². The number of fused-ring (bicyclic) bond motifs is 1. The maximum Gasteiger partial charge on any atom is 0.243 e. The molecule has 1 aromatic heterocycles. The summed E-state index contributed by atoms with van der Waals surface area (Å²) in [6.07, 6.45) is 1.64. The first-order valence-electron chi connectivity index (χ1n) is 8.11. The van der Waals surface area contributed by atoms with Crippen molar-refractivity contribution in [1.29, 1.82) is 0 Å². The van der Waals surface area contributed by atoms with Crippen molar-refractivity contribution < 1.29 is 13.2 Å². The van der Waals surface area contributed by atoms with Crippen LogP contribution in [0.15, 0.2) is 53.4 Å². The fraction of sp³-hybridized carbons (Fsp3) is 0.278. The molecule has 0 radical (unpaired) electrons. The number of para-hydroxylation sites is 1. The van der Waals surface area contributed by atoms with Gasteiger partial charge in [0.05, 0.1) is 28.3 Å². The smallest absolute Gasteiger partial charge is 0.243 e. The fourth-order valence-electron chi connectivity index (χ4n) is 3.19. The molecule has 25 heavy (non-hydrogen) atoms. The Bertz CT molecular complexity index is 964. The summed E-state index contributed by atoms with van der Waals surface area (Å²) in [4.78, 5) is 4.96. The first-order chi connectivity index (χ1) is 12.1. The number of hydrogen-bond donors (Lipinski definition) is 0. The van der Waals surface area contributed by atoms with Crippen molar-refractivity contribution in [3.63, 3.8) is 0 Å². The van der Waals surface area contributed by atoms with Gasteiger partial charge in [0.15, 0.2) is 0 Å². The molecule has 5 nitrogen and oxygen atoms in total. The first-order valence-corrected chi connectivity index (χ1v) is 10.4. The molecule has 0 spiro atoms. The lowest BCUT2D eigenvalue weighted by Crippen LogP contribution is -2.30. The van der Waals surface area contributed by atoms with Gasteiger partial charge in [0, 0.05) is 6.54 Å². The van der Waals surface area contributed by atoms with Gasteiger partial charge in [0.2, 0.25) is 10.0 Å². The molecule has 0 N–H and O–H groups in total. The number of hydrogen-bond acceptors (Lipinski definition) is 5. The van der Waals surface area contributed by atoms with E-state index in [0.29, 0.717) is 17.2 Å². The van der Waals surface area contributed by atoms with Gasteiger partial charge < -0.3 is 4.74 Å². The van der Waals surface area contributed by atoms with E-state index >= 15 is 0 Å². The molecule has 3 aromatic rings. The lowest BCUT2D eigenvalue weighted by molar-refractivity contribution is 0.395. The zero-order valence-electron chi connectivity index (χ0n) is 13.8. The van der Waals surface area contributed by atoms with E-state index in [-0.39, 0.29) is 6.04 Å². The Kier molecular flexibility index (Phi) is 4.23. The lowest BCUT2D eigenvalue weighted by Gasteiger charge is -2.22. The highest BCUT2D eigenvalue weighted by Gasteiger charge is 2.37. The lowest BCUT2D eigenvalue weighted by atomic mass is 10.2. The molecule has 1 fully saturated rings. The largest absolute Gasteiger partial charge is 0.497 e. The molecule has 7 heteroatoms. The Morgan fingerprint density at radius 3 is 2.64 bits per heavy atom. The fourth-order valence-corrected chi connectivity index (χ4v) is 6.03. The molecule has 1 aliphatic rings. The van der Waals surface area contributed by atoms with Gasteiger partial charge in [-0.1, -0.05) is 12.1 Å². The van der Waals surface area contributed by atoms with Crippen molar-refractivity contribution in [2.75, 3.05) is 13.7 Å². The van der Waals surface area contributed by atoms with Crippen LogP contribution in [0.1, 0.15) is 23.9 Å². The Labute approximate surface area is 150 Å². The maximum absolute atomic E-state index is 13.1. The minimum Gasteiger partial charge on any atom is -0.497 e. The maximum atomic E-state index is 13.1. The summed E-state index contributed by atoms with van der Waals surface area (Å²) >= 11 is 1.58. The normalized spacial score (nSPS) is 18.7. The zero-order valence-corrected chi connectivity index (χ0v) is 15.4. The molecular weight excluding hydrogens is 356 g/mol. The van der Waals surface area contributed by atoms with E-state index in [1.807, 2.05) is 24.3 Å². The summed E-state index contributed by atoms with van der Waals surface area (Å²) in [5.74, 6) is 0.642. The zero-order chi connectivity index (χ0) is 17.4. The van der Waals surface area contributed by atoms with Crippen molar-refractivity contribution in [3.8, 4) is 5.75 Å². The summed E-state index contributed by atoms with van der Waals surface area (Å²) in [5.41, 5.74) is 0.927. The summed E-state index contributed by atoms with van der Waals surface area (Å²) in [7, 11) is -1.99. The highest BCUT2D eigenvalue weighted by molar-refractivity contribution is 7.89. The van der Waals surface area contributed by atoms with Crippen molar-refractivity contribution in [3.05, 3.63) is 53.5 Å². The van der Waals surface area contributed by atoms with Gasteiger partial charge in [-0.25, -0.2) is 13.4 Å². The van der Waals surface area contributed by atoms with E-state index in [4.69, 9.17) is 4.74 Å². The van der Waals surface area contributed by atoms with Crippen LogP contribution in [0, 0.1) is 0 Å². The molecule has 0 aliphatic carbocycles. The minimum absolute atomic E-state index is 0.190. The molecular formula is C18H18N2O3S2. The second-order valence-corrected chi connectivity index (χ2v) is 8.92. The van der Waals surface area contributed by atoms with Crippen LogP contribution in [0.2, 0.25) is 0 Å². The Morgan fingerprint density at radius 1 is 1.16 bits per heavy atom. The first kappa shape index (κ1) is 16.5. The van der Waals surface area contributed by atoms with Gasteiger partial charge >= 0.3 is 0 Å². The topological polar surface area (TPSA) is 59.5 Å². The van der Waals surface area contributed by atoms with Crippen LogP contribution in [0.3, 0.4) is 0 Å². The van der Waals surface area contributed by atoms with E-state index in [2.05, 4.69) is 4.98 Å². The van der Waals surface area contributed by atoms with E-state index < -0.39 is 10.0 Å². The predicted octanol–water partition coefficient (Wildman–Crippen LogP) is 3.83. The van der Waals surface area contributed by atoms with Crippen molar-refractivity contribution in [2.45, 2.75) is 23.8 Å². The number of aromatic nitrogens is 1. The quantitative estimate of drug-likeness (QED) is 0.696. The third-order valence-corrected chi connectivity index (χ3v) is 7.53. The molecule has 0 saturated carbocycles. The number of rotatable bonds is 4. The minimum atomic E-state index is -3.55. The standard InChI is InChI=1S/C18H18N2O3S2/c1-23-13-8-10-14(11-9-13)25(21,22)20-12-4-6-16(20)18-19-15-5-2-3-7-17(15)24-18/h2-3,5,7-11,16H,4,6,12H2,1H3. The van der Waals surface area contributed by atoms with Gasteiger partial charge in [0.1, 0.15) is 10.8 Å². The summed E-state index contributed by atoms with van der Waals surface area (Å²) in [6.45, 7) is 0.523. The van der Waals surface area contributed by atoms with Crippen molar-refractivity contribution in [1.82, 2.24) is 9.29 Å². The molecule has 0 amide bonds. The molecule has 1 saturated heterocycles. The van der Waals surface area contributed by atoms with Crippen LogP contribution in [0.5, 0.6) is 5.75 Å². The number of benzene rings is 2. The molecule has 4 rings (SSSR count). The van der Waals surface area contributed by atoms with E-state index in [1.54, 1.807) is 47.0 Å². The molecule has 130 valence electrons. The van der Waals surface area contributed by atoms with Crippen LogP contribution in [0.4, 0.5) is 0 Å². The van der Waals surface area contributed by atoms with Crippen LogP contribution < -0.4 is 4.74 Å². The van der Waals surface area contributed by atoms with Crippen molar-refractivity contribution in [2.24, 2.45) is 0 Å². The SMILES string of the molecule is COc1ccc(S(=O)(=O)N2CCCC2c2nc3ccccc3s2)cc1. The van der Waals surface area contributed by atoms with Gasteiger partial charge in [-0.15, -0.1) is 11.3 Å². The van der Waals surface area contributed by atoms with Gasteiger partial charge in [-0.05, 0) is 49.2 Å². The second-order valence-electron chi connectivity index (χ2n) is 5.97. The number of methoxy groups -OCH3 is 1. The van der Waals surface area contributed by atoms with Crippen LogP contribution in [-0.4, -0.2) is 31.4 Å². The summed E-state index contributed by atoms with van der Waals surface area (Å²) < 4.78 is 34.0. The van der Waals surface area contributed by atoms with E-state index in [1.165, 1.54) is 0 Å². The van der Waals surface area contributed by atoms with Crippen LogP contribution in [0.25, 0.3) is 10.2 Å². The molecule has 2 aromatic carbocycles. The highest BCUT2D eigenvalue weighted by atomic mass is 32.2. The summed E-state index contributed by atoms with van der Waals surface area (Å²) in [6, 6.07) is 14.3. The summed E-state index contributed by atoms with van der Waals surface area (Å²) in [5, 5.41) is 0.871. The Balaban J connectivity index is 1.70. The Hall–Kier alpha value is -1.96. The van der Waals surface area contributed by atoms with E-state index in [0.717, 1.165) is 28.1 Å². The number of sulfonamides is 1. The third-order valence-electron chi connectivity index (χ3n) is 4.47. The van der Waals surface area contributed by atoms with E-state index in [9.17, 15) is 8.42 Å². The monoisotopic (exact) mass is 374 g/mol. The molecule has 1 atom stereocenters. The number of thiazole rings is 1. The average Bonchev–Trinajstić information content (AvgIpc) is 3.28. The number of nitrogens with zero attached hydrogens (tertiary/aromatic N) is 2. The third kappa shape index (κ3) is 2.92. The van der Waals surface area contributed by atoms with Crippen LogP contribution >= 0.6 is 11.3 Å². The second kappa shape index (κ2) is 6.40. The van der Waals surface area contributed by atoms with Gasteiger partial charge in [-0.2, -0.15) is 4.31 Å². The predicted molar refractivity (Wildman–Crippen MR) is 98.5 cm³/mol. The molecule has 0 bridgehead atoms. The number of ether oxygens (including phenoxy) is 1. The molecule has 1 aliphatic heterocycles. The Morgan fingerprint density at radius 2 is 1.92 bits per heavy atom. The molecule has 2 heterocycles. The highest BCUT2D eigenvalue weighted by Crippen LogP contribution is 2.39. The van der Waals surface area contributed by atoms with Crippen LogP contribution in [-0.2, 0) is 10.0 Å². The average molecular weight is 374 g/mol.